The van der Waals surface area contributed by atoms with Crippen molar-refractivity contribution in [2.45, 2.75) is 32.6 Å². The first-order chi connectivity index (χ1) is 10.7. The minimum absolute atomic E-state index is 0.0332. The van der Waals surface area contributed by atoms with Gasteiger partial charge in [-0.05, 0) is 49.9 Å². The van der Waals surface area contributed by atoms with E-state index in [4.69, 9.17) is 4.74 Å². The number of hydrogen-bond donors (Lipinski definition) is 1. The van der Waals surface area contributed by atoms with Crippen LogP contribution in [0.25, 0.3) is 0 Å². The molecule has 0 aliphatic carbocycles. The number of sulfonamides is 1. The van der Waals surface area contributed by atoms with Crippen LogP contribution in [-0.4, -0.2) is 50.7 Å². The van der Waals surface area contributed by atoms with Gasteiger partial charge in [-0.15, -0.1) is 0 Å². The van der Waals surface area contributed by atoms with Gasteiger partial charge in [-0.25, -0.2) is 8.42 Å². The summed E-state index contributed by atoms with van der Waals surface area (Å²) >= 11 is 0. The SMILES string of the molecule is Cc1cc(C)c(C)c(S(=O)(=O)N2C[C@H]3COC[C@@]3(CO)C2)c1C. The molecule has 23 heavy (non-hydrogen) atoms. The Kier molecular flexibility index (Phi) is 4.08. The molecule has 1 aromatic carbocycles. The monoisotopic (exact) mass is 339 g/mol. The molecule has 0 bridgehead atoms. The number of nitrogens with zero attached hydrogens (tertiary/aromatic N) is 1. The third kappa shape index (κ3) is 2.43. The largest absolute Gasteiger partial charge is 0.396 e. The first kappa shape index (κ1) is 16.9. The Labute approximate surface area is 138 Å². The van der Waals surface area contributed by atoms with Crippen molar-refractivity contribution < 1.29 is 18.3 Å². The summed E-state index contributed by atoms with van der Waals surface area (Å²) < 4.78 is 33.6. The minimum Gasteiger partial charge on any atom is -0.396 e. The first-order valence-electron chi connectivity index (χ1n) is 7.99. The van der Waals surface area contributed by atoms with Gasteiger partial charge < -0.3 is 9.84 Å². The summed E-state index contributed by atoms with van der Waals surface area (Å²) in [5.74, 6) is 0.0776. The van der Waals surface area contributed by atoms with Crippen LogP contribution in [-0.2, 0) is 14.8 Å². The van der Waals surface area contributed by atoms with Gasteiger partial charge in [0.15, 0.2) is 0 Å². The fraction of sp³-hybridized carbons (Fsp3) is 0.647. The van der Waals surface area contributed by atoms with Crippen molar-refractivity contribution >= 4 is 10.0 Å². The topological polar surface area (TPSA) is 66.8 Å². The van der Waals surface area contributed by atoms with Gasteiger partial charge in [0.1, 0.15) is 0 Å². The lowest BCUT2D eigenvalue weighted by atomic mass is 9.82. The summed E-state index contributed by atoms with van der Waals surface area (Å²) in [6.45, 7) is 9.33. The molecule has 1 aromatic rings. The van der Waals surface area contributed by atoms with E-state index in [1.165, 1.54) is 0 Å². The fourth-order valence-electron chi connectivity index (χ4n) is 3.89. The molecule has 0 saturated carbocycles. The molecule has 128 valence electrons. The van der Waals surface area contributed by atoms with Crippen LogP contribution in [0.1, 0.15) is 22.3 Å². The van der Waals surface area contributed by atoms with Gasteiger partial charge in [-0.2, -0.15) is 4.31 Å². The number of ether oxygens (including phenoxy) is 1. The normalized spacial score (nSPS) is 28.3. The van der Waals surface area contributed by atoms with Crippen molar-refractivity contribution in [1.82, 2.24) is 4.31 Å². The molecule has 0 unspecified atom stereocenters. The van der Waals surface area contributed by atoms with E-state index in [1.54, 1.807) is 4.31 Å². The molecular weight excluding hydrogens is 314 g/mol. The lowest BCUT2D eigenvalue weighted by molar-refractivity contribution is 0.0905. The number of hydrogen-bond acceptors (Lipinski definition) is 4. The Balaban J connectivity index is 2.05. The Morgan fingerprint density at radius 1 is 1.26 bits per heavy atom. The van der Waals surface area contributed by atoms with Crippen LogP contribution in [0.15, 0.2) is 11.0 Å². The molecule has 2 saturated heterocycles. The maximum Gasteiger partial charge on any atom is 0.243 e. The van der Waals surface area contributed by atoms with Gasteiger partial charge in [-0.1, -0.05) is 6.07 Å². The third-order valence-electron chi connectivity index (χ3n) is 5.70. The van der Waals surface area contributed by atoms with Crippen molar-refractivity contribution in [1.29, 1.82) is 0 Å². The molecule has 0 radical (unpaired) electrons. The molecule has 2 atom stereocenters. The van der Waals surface area contributed by atoms with Crippen molar-refractivity contribution in [3.8, 4) is 0 Å². The van der Waals surface area contributed by atoms with Crippen molar-refractivity contribution in [2.75, 3.05) is 32.9 Å². The summed E-state index contributed by atoms with van der Waals surface area (Å²) in [5.41, 5.74) is 3.18. The Morgan fingerprint density at radius 3 is 2.39 bits per heavy atom. The Bertz CT molecular complexity index is 717. The summed E-state index contributed by atoms with van der Waals surface area (Å²) in [6, 6.07) is 2.03. The average molecular weight is 339 g/mol. The quantitative estimate of drug-likeness (QED) is 0.907. The molecular formula is C17H25NO4S. The van der Waals surface area contributed by atoms with E-state index in [0.717, 1.165) is 22.3 Å². The predicted molar refractivity (Wildman–Crippen MR) is 88.0 cm³/mol. The lowest BCUT2D eigenvalue weighted by Crippen LogP contribution is -2.36. The van der Waals surface area contributed by atoms with Crippen LogP contribution in [0.4, 0.5) is 0 Å². The lowest BCUT2D eigenvalue weighted by Gasteiger charge is -2.25. The van der Waals surface area contributed by atoms with Crippen molar-refractivity contribution in [3.05, 3.63) is 28.3 Å². The van der Waals surface area contributed by atoms with Crippen LogP contribution < -0.4 is 0 Å². The van der Waals surface area contributed by atoms with Gasteiger partial charge in [0.25, 0.3) is 0 Å². The second-order valence-electron chi connectivity index (χ2n) is 7.12. The summed E-state index contributed by atoms with van der Waals surface area (Å²) in [6.07, 6.45) is 0. The fourth-order valence-corrected chi connectivity index (χ4v) is 6.04. The van der Waals surface area contributed by atoms with Crippen LogP contribution in [0.5, 0.6) is 0 Å². The maximum absolute atomic E-state index is 13.3. The molecule has 0 amide bonds. The highest BCUT2D eigenvalue weighted by Gasteiger charge is 2.53. The van der Waals surface area contributed by atoms with Crippen LogP contribution >= 0.6 is 0 Å². The minimum atomic E-state index is -3.57. The number of aryl methyl sites for hydroxylation is 2. The van der Waals surface area contributed by atoms with Crippen LogP contribution in [0.3, 0.4) is 0 Å². The zero-order valence-electron chi connectivity index (χ0n) is 14.2. The smallest absolute Gasteiger partial charge is 0.243 e. The third-order valence-corrected chi connectivity index (χ3v) is 7.79. The standard InChI is InChI=1S/C17H25NO4S/c1-11-5-12(2)14(4)16(13(11)3)23(20,21)18-6-15-7-22-10-17(15,8-18)9-19/h5,15,19H,6-10H2,1-4H3/t15-,17-/m0/s1. The summed E-state index contributed by atoms with van der Waals surface area (Å²) in [5, 5.41) is 9.78. The highest BCUT2D eigenvalue weighted by molar-refractivity contribution is 7.89. The molecule has 2 heterocycles. The number of aliphatic hydroxyl groups excluding tert-OH is 1. The molecule has 0 aromatic heterocycles. The second-order valence-corrected chi connectivity index (χ2v) is 8.99. The Morgan fingerprint density at radius 2 is 1.87 bits per heavy atom. The van der Waals surface area contributed by atoms with E-state index < -0.39 is 15.4 Å². The van der Waals surface area contributed by atoms with E-state index >= 15 is 0 Å². The van der Waals surface area contributed by atoms with Crippen LogP contribution in [0.2, 0.25) is 0 Å². The highest BCUT2D eigenvalue weighted by Crippen LogP contribution is 2.43. The van der Waals surface area contributed by atoms with Gasteiger partial charge in [0.05, 0.1) is 24.7 Å². The molecule has 2 aliphatic heterocycles. The van der Waals surface area contributed by atoms with E-state index in [-0.39, 0.29) is 12.5 Å². The second kappa shape index (κ2) is 5.55. The number of aliphatic hydroxyl groups is 1. The van der Waals surface area contributed by atoms with E-state index in [1.807, 2.05) is 33.8 Å². The van der Waals surface area contributed by atoms with E-state index in [0.29, 0.717) is 31.2 Å². The van der Waals surface area contributed by atoms with Gasteiger partial charge in [0, 0.05) is 24.4 Å². The molecule has 6 heteroatoms. The first-order valence-corrected chi connectivity index (χ1v) is 9.43. The van der Waals surface area contributed by atoms with E-state index in [9.17, 15) is 13.5 Å². The van der Waals surface area contributed by atoms with Gasteiger partial charge in [0.2, 0.25) is 10.0 Å². The molecule has 2 fully saturated rings. The molecule has 5 nitrogen and oxygen atoms in total. The van der Waals surface area contributed by atoms with E-state index in [2.05, 4.69) is 0 Å². The maximum atomic E-state index is 13.3. The Hall–Kier alpha value is -0.950. The molecule has 1 N–H and O–H groups in total. The summed E-state index contributed by atoms with van der Waals surface area (Å²) in [7, 11) is -3.57. The highest BCUT2D eigenvalue weighted by atomic mass is 32.2. The van der Waals surface area contributed by atoms with Crippen molar-refractivity contribution in [2.24, 2.45) is 11.3 Å². The summed E-state index contributed by atoms with van der Waals surface area (Å²) in [4.78, 5) is 0.434. The number of fused-ring (bicyclic) bond motifs is 1. The van der Waals surface area contributed by atoms with Crippen molar-refractivity contribution in [3.63, 3.8) is 0 Å². The van der Waals surface area contributed by atoms with Crippen LogP contribution in [0, 0.1) is 39.0 Å². The molecule has 0 spiro atoms. The van der Waals surface area contributed by atoms with Gasteiger partial charge in [-0.3, -0.25) is 0 Å². The number of rotatable bonds is 3. The zero-order valence-corrected chi connectivity index (χ0v) is 15.0. The predicted octanol–water partition coefficient (Wildman–Crippen LogP) is 1.55. The molecule has 3 rings (SSSR count). The van der Waals surface area contributed by atoms with Gasteiger partial charge >= 0.3 is 0 Å². The average Bonchev–Trinajstić information content (AvgIpc) is 3.02. The number of benzene rings is 1. The zero-order chi connectivity index (χ0) is 17.0. The molecule has 2 aliphatic rings.